The average molecular weight is 525 g/mol. The molecule has 1 aliphatic rings. The topological polar surface area (TPSA) is 54.9 Å². The third-order valence-corrected chi connectivity index (χ3v) is 7.65. The molecular weight excluding hydrogens is 493 g/mol. The number of morpholine rings is 1. The maximum absolute atomic E-state index is 13.7. The van der Waals surface area contributed by atoms with E-state index in [1.165, 1.54) is 16.9 Å². The summed E-state index contributed by atoms with van der Waals surface area (Å²) in [5.41, 5.74) is 5.26. The Bertz CT molecular complexity index is 1140. The smallest absolute Gasteiger partial charge is 0.233 e. The maximum atomic E-state index is 13.7. The number of carbonyl (C=O) groups is 1. The minimum absolute atomic E-state index is 0. The number of nitrogens with zero attached hydrogens (tertiary/aromatic N) is 3. The lowest BCUT2D eigenvalue weighted by atomic mass is 9.97. The molecule has 1 aromatic heterocycles. The zero-order chi connectivity index (χ0) is 23.5. The first kappa shape index (κ1) is 26.7. The van der Waals surface area contributed by atoms with E-state index in [2.05, 4.69) is 37.8 Å². The molecule has 0 saturated carbocycles. The molecule has 34 heavy (non-hydrogen) atoms. The van der Waals surface area contributed by atoms with Crippen LogP contribution in [0, 0.1) is 20.8 Å². The summed E-state index contributed by atoms with van der Waals surface area (Å²) in [5.74, 6) is 0.690. The number of hydrogen-bond acceptors (Lipinski definition) is 6. The van der Waals surface area contributed by atoms with Gasteiger partial charge in [0, 0.05) is 26.2 Å². The first-order valence-electron chi connectivity index (χ1n) is 11.2. The highest BCUT2D eigenvalue weighted by atomic mass is 35.5. The maximum Gasteiger partial charge on any atom is 0.233 e. The van der Waals surface area contributed by atoms with Gasteiger partial charge in [-0.2, -0.15) is 0 Å². The molecular formula is C25H31Cl2N3O3S. The lowest BCUT2D eigenvalue weighted by Crippen LogP contribution is -2.43. The minimum Gasteiger partial charge on any atom is -0.494 e. The van der Waals surface area contributed by atoms with Crippen LogP contribution in [-0.4, -0.2) is 62.3 Å². The van der Waals surface area contributed by atoms with E-state index >= 15 is 0 Å². The fourth-order valence-corrected chi connectivity index (χ4v) is 5.65. The van der Waals surface area contributed by atoms with Gasteiger partial charge in [0.05, 0.1) is 36.5 Å². The lowest BCUT2D eigenvalue weighted by molar-refractivity contribution is -0.118. The number of fused-ring (bicyclic) bond motifs is 1. The van der Waals surface area contributed by atoms with Gasteiger partial charge < -0.3 is 9.47 Å². The summed E-state index contributed by atoms with van der Waals surface area (Å²) in [4.78, 5) is 22.6. The molecule has 0 atom stereocenters. The highest BCUT2D eigenvalue weighted by molar-refractivity contribution is 7.23. The first-order valence-corrected chi connectivity index (χ1v) is 12.4. The fourth-order valence-electron chi connectivity index (χ4n) is 4.35. The number of anilines is 1. The highest BCUT2D eigenvalue weighted by Gasteiger charge is 2.24. The Kier molecular flexibility index (Phi) is 9.18. The zero-order valence-electron chi connectivity index (χ0n) is 20.0. The Labute approximate surface area is 216 Å². The number of thiazole rings is 1. The molecule has 1 saturated heterocycles. The van der Waals surface area contributed by atoms with Crippen molar-refractivity contribution in [2.24, 2.45) is 0 Å². The molecule has 6 nitrogen and oxygen atoms in total. The van der Waals surface area contributed by atoms with Gasteiger partial charge in [-0.3, -0.25) is 14.6 Å². The highest BCUT2D eigenvalue weighted by Crippen LogP contribution is 2.39. The number of methoxy groups -OCH3 is 1. The van der Waals surface area contributed by atoms with Crippen LogP contribution in [-0.2, 0) is 16.0 Å². The van der Waals surface area contributed by atoms with Gasteiger partial charge in [0.2, 0.25) is 5.91 Å². The number of hydrogen-bond donors (Lipinski definition) is 0. The summed E-state index contributed by atoms with van der Waals surface area (Å²) in [6.07, 6.45) is 0.335. The Hall–Kier alpha value is -1.90. The molecule has 0 radical (unpaired) electrons. The van der Waals surface area contributed by atoms with E-state index in [1.807, 2.05) is 17.0 Å². The molecule has 0 spiro atoms. The summed E-state index contributed by atoms with van der Waals surface area (Å²) < 4.78 is 11.8. The van der Waals surface area contributed by atoms with E-state index in [0.717, 1.165) is 54.2 Å². The van der Waals surface area contributed by atoms with E-state index in [9.17, 15) is 4.79 Å². The Morgan fingerprint density at radius 1 is 1.21 bits per heavy atom. The summed E-state index contributed by atoms with van der Waals surface area (Å²) >= 11 is 7.89. The molecule has 1 aliphatic heterocycles. The van der Waals surface area contributed by atoms with E-state index < -0.39 is 0 Å². The van der Waals surface area contributed by atoms with Crippen molar-refractivity contribution in [3.05, 3.63) is 51.5 Å². The van der Waals surface area contributed by atoms with Crippen LogP contribution in [0.5, 0.6) is 5.75 Å². The summed E-state index contributed by atoms with van der Waals surface area (Å²) in [6.45, 7) is 10.7. The normalized spacial score (nSPS) is 14.1. The molecule has 2 aromatic carbocycles. The Balaban J connectivity index is 0.00000324. The molecule has 0 aliphatic carbocycles. The second kappa shape index (κ2) is 11.7. The second-order valence-electron chi connectivity index (χ2n) is 8.48. The quantitative estimate of drug-likeness (QED) is 0.425. The largest absolute Gasteiger partial charge is 0.494 e. The minimum atomic E-state index is 0. The van der Waals surface area contributed by atoms with Crippen LogP contribution in [0.3, 0.4) is 0 Å². The van der Waals surface area contributed by atoms with Gasteiger partial charge in [-0.25, -0.2) is 4.98 Å². The fraction of sp³-hybridized carbons (Fsp3) is 0.440. The summed E-state index contributed by atoms with van der Waals surface area (Å²) in [6, 6.07) is 7.89. The number of halogens is 2. The molecule has 0 unspecified atom stereocenters. The molecule has 0 N–H and O–H groups in total. The van der Waals surface area contributed by atoms with Gasteiger partial charge in [0.15, 0.2) is 5.13 Å². The first-order chi connectivity index (χ1) is 15.9. The van der Waals surface area contributed by atoms with Crippen molar-refractivity contribution in [3.8, 4) is 5.75 Å². The number of aryl methyl sites for hydroxylation is 3. The Morgan fingerprint density at radius 2 is 1.88 bits per heavy atom. The van der Waals surface area contributed by atoms with Gasteiger partial charge in [0.25, 0.3) is 0 Å². The van der Waals surface area contributed by atoms with Crippen LogP contribution in [0.25, 0.3) is 10.2 Å². The van der Waals surface area contributed by atoms with Crippen molar-refractivity contribution >= 4 is 56.6 Å². The number of benzene rings is 2. The average Bonchev–Trinajstić information content (AvgIpc) is 3.23. The number of carbonyl (C=O) groups excluding carboxylic acids is 1. The molecule has 9 heteroatoms. The van der Waals surface area contributed by atoms with Crippen molar-refractivity contribution in [2.45, 2.75) is 27.2 Å². The van der Waals surface area contributed by atoms with Crippen LogP contribution >= 0.6 is 35.3 Å². The van der Waals surface area contributed by atoms with Gasteiger partial charge in [-0.15, -0.1) is 12.4 Å². The van der Waals surface area contributed by atoms with Crippen molar-refractivity contribution in [1.82, 2.24) is 9.88 Å². The predicted octanol–water partition coefficient (Wildman–Crippen LogP) is 5.21. The number of aromatic nitrogens is 1. The van der Waals surface area contributed by atoms with Crippen LogP contribution in [0.1, 0.15) is 22.3 Å². The van der Waals surface area contributed by atoms with Crippen molar-refractivity contribution < 1.29 is 14.3 Å². The number of amides is 1. The van der Waals surface area contributed by atoms with Crippen molar-refractivity contribution in [1.29, 1.82) is 0 Å². The number of ether oxygens (including phenoxy) is 2. The Morgan fingerprint density at radius 3 is 2.53 bits per heavy atom. The molecule has 4 rings (SSSR count). The molecule has 2 heterocycles. The third-order valence-electron chi connectivity index (χ3n) is 6.11. The zero-order valence-corrected chi connectivity index (χ0v) is 22.4. The van der Waals surface area contributed by atoms with E-state index in [1.54, 1.807) is 7.11 Å². The van der Waals surface area contributed by atoms with E-state index in [-0.39, 0.29) is 18.3 Å². The van der Waals surface area contributed by atoms with E-state index in [4.69, 9.17) is 26.1 Å². The monoisotopic (exact) mass is 523 g/mol. The van der Waals surface area contributed by atoms with Crippen molar-refractivity contribution in [3.63, 3.8) is 0 Å². The van der Waals surface area contributed by atoms with Gasteiger partial charge in [0.1, 0.15) is 11.3 Å². The lowest BCUT2D eigenvalue weighted by Gasteiger charge is -2.29. The third kappa shape index (κ3) is 5.83. The number of rotatable bonds is 7. The van der Waals surface area contributed by atoms with Gasteiger partial charge in [-0.1, -0.05) is 40.6 Å². The van der Waals surface area contributed by atoms with Crippen molar-refractivity contribution in [2.75, 3.05) is 51.4 Å². The van der Waals surface area contributed by atoms with Gasteiger partial charge in [-0.05, 0) is 49.6 Å². The van der Waals surface area contributed by atoms with Crippen LogP contribution < -0.4 is 9.64 Å². The van der Waals surface area contributed by atoms with Crippen LogP contribution in [0.2, 0.25) is 5.02 Å². The van der Waals surface area contributed by atoms with Gasteiger partial charge >= 0.3 is 0 Å². The standard InChI is InChI=1S/C25H30ClN3O3S.ClH/c1-16-13-17(2)19(18(3)14-16)15-22(30)29(8-7-28-9-11-32-12-10-28)25-27-23-21(31-4)6-5-20(26)24(23)33-25;/h5-6,13-14H,7-12,15H2,1-4H3;1H. The van der Waals surface area contributed by atoms with E-state index in [0.29, 0.717) is 34.4 Å². The molecule has 0 bridgehead atoms. The second-order valence-corrected chi connectivity index (χ2v) is 9.86. The summed E-state index contributed by atoms with van der Waals surface area (Å²) in [5, 5.41) is 1.26. The summed E-state index contributed by atoms with van der Waals surface area (Å²) in [7, 11) is 1.62. The van der Waals surface area contributed by atoms with Crippen LogP contribution in [0.4, 0.5) is 5.13 Å². The SMILES string of the molecule is COc1ccc(Cl)c2sc(N(CCN3CCOCC3)C(=O)Cc3c(C)cc(C)cc3C)nc12.Cl. The van der Waals surface area contributed by atoms with Crippen LogP contribution in [0.15, 0.2) is 24.3 Å². The molecule has 1 fully saturated rings. The molecule has 1 amide bonds. The predicted molar refractivity (Wildman–Crippen MR) is 142 cm³/mol. The molecule has 184 valence electrons. The molecule has 3 aromatic rings.